The average molecular weight is 417 g/mol. The Bertz CT molecular complexity index is 849. The normalized spacial score (nSPS) is 19.6. The summed E-state index contributed by atoms with van der Waals surface area (Å²) in [5, 5.41) is 0.829. The van der Waals surface area contributed by atoms with Crippen LogP contribution in [-0.4, -0.2) is 29.1 Å². The number of carbonyl (C=O) groups excluding carboxylic acids is 1. The van der Waals surface area contributed by atoms with Crippen LogP contribution in [0.15, 0.2) is 55.2 Å². The Hall–Kier alpha value is -1.79. The molecular formula is C19H17BrN2O2S. The van der Waals surface area contributed by atoms with Gasteiger partial charge in [0, 0.05) is 29.2 Å². The predicted molar refractivity (Wildman–Crippen MR) is 105 cm³/mol. The number of aliphatic imine (C=N–C) groups is 1. The van der Waals surface area contributed by atoms with Crippen LogP contribution in [0.4, 0.5) is 0 Å². The lowest BCUT2D eigenvalue weighted by Crippen LogP contribution is -2.33. The first-order valence-corrected chi connectivity index (χ1v) is 9.93. The highest BCUT2D eigenvalue weighted by molar-refractivity contribution is 9.10. The number of benzene rings is 1. The number of nitrogens with zero attached hydrogens (tertiary/aromatic N) is 2. The largest absolute Gasteiger partial charge is 0.457 e. The third kappa shape index (κ3) is 3.75. The zero-order valence-electron chi connectivity index (χ0n) is 13.6. The lowest BCUT2D eigenvalue weighted by molar-refractivity contribution is -0.113. The lowest BCUT2D eigenvalue weighted by atomic mass is 10.1. The Balaban J connectivity index is 1.50. The molecule has 6 heteroatoms. The van der Waals surface area contributed by atoms with Crippen molar-refractivity contribution in [1.29, 1.82) is 0 Å². The summed E-state index contributed by atoms with van der Waals surface area (Å²) in [6.07, 6.45) is 5.38. The molecule has 2 aromatic rings. The number of hydrogen-bond donors (Lipinski definition) is 0. The van der Waals surface area contributed by atoms with Gasteiger partial charge in [-0.1, -0.05) is 28.1 Å². The molecule has 0 atom stereocenters. The van der Waals surface area contributed by atoms with Crippen molar-refractivity contribution in [2.45, 2.75) is 19.3 Å². The van der Waals surface area contributed by atoms with Crippen LogP contribution in [0.5, 0.6) is 0 Å². The van der Waals surface area contributed by atoms with E-state index in [0.717, 1.165) is 34.1 Å². The smallest absolute Gasteiger partial charge is 0.286 e. The second-order valence-corrected chi connectivity index (χ2v) is 7.99. The van der Waals surface area contributed by atoms with E-state index in [0.29, 0.717) is 10.7 Å². The minimum absolute atomic E-state index is 0.174. The van der Waals surface area contributed by atoms with Gasteiger partial charge in [0.15, 0.2) is 5.17 Å². The molecule has 0 N–H and O–H groups in total. The molecule has 25 heavy (non-hydrogen) atoms. The molecule has 0 radical (unpaired) electrons. The number of rotatable bonds is 2. The summed E-state index contributed by atoms with van der Waals surface area (Å²) in [5.41, 5.74) is 1.00. The summed E-state index contributed by atoms with van der Waals surface area (Å²) in [4.78, 5) is 19.2. The van der Waals surface area contributed by atoms with Crippen molar-refractivity contribution in [3.8, 4) is 11.3 Å². The molecule has 1 fully saturated rings. The number of furan rings is 1. The molecule has 0 aliphatic carbocycles. The Morgan fingerprint density at radius 2 is 1.84 bits per heavy atom. The molecule has 1 amide bonds. The Morgan fingerprint density at radius 3 is 2.60 bits per heavy atom. The fraction of sp³-hybridized carbons (Fsp3) is 0.263. The van der Waals surface area contributed by atoms with E-state index in [1.165, 1.54) is 31.0 Å². The Labute approximate surface area is 159 Å². The number of carbonyl (C=O) groups is 1. The van der Waals surface area contributed by atoms with E-state index in [1.807, 2.05) is 36.4 Å². The van der Waals surface area contributed by atoms with Crippen LogP contribution in [0.2, 0.25) is 0 Å². The van der Waals surface area contributed by atoms with Gasteiger partial charge in [0.1, 0.15) is 11.5 Å². The summed E-state index contributed by atoms with van der Waals surface area (Å²) >= 11 is 4.88. The highest BCUT2D eigenvalue weighted by atomic mass is 79.9. The van der Waals surface area contributed by atoms with Gasteiger partial charge in [-0.3, -0.25) is 4.79 Å². The van der Waals surface area contributed by atoms with Gasteiger partial charge in [-0.05, 0) is 55.3 Å². The topological polar surface area (TPSA) is 45.8 Å². The number of amidine groups is 1. The van der Waals surface area contributed by atoms with Crippen LogP contribution in [0, 0.1) is 0 Å². The second kappa shape index (κ2) is 7.22. The quantitative estimate of drug-likeness (QED) is 0.633. The van der Waals surface area contributed by atoms with Crippen LogP contribution in [0.3, 0.4) is 0 Å². The van der Waals surface area contributed by atoms with Crippen molar-refractivity contribution in [3.63, 3.8) is 0 Å². The molecule has 1 aromatic heterocycles. The highest BCUT2D eigenvalue weighted by Crippen LogP contribution is 2.32. The van der Waals surface area contributed by atoms with Crippen molar-refractivity contribution in [1.82, 2.24) is 4.90 Å². The molecule has 128 valence electrons. The third-order valence-electron chi connectivity index (χ3n) is 4.26. The molecule has 2 aliphatic heterocycles. The number of amides is 1. The number of hydrogen-bond acceptors (Lipinski definition) is 4. The fourth-order valence-corrected chi connectivity index (χ4v) is 4.16. The molecule has 0 spiro atoms. The molecule has 2 aliphatic rings. The van der Waals surface area contributed by atoms with Crippen LogP contribution < -0.4 is 0 Å². The number of thioether (sulfide) groups is 1. The lowest BCUT2D eigenvalue weighted by Gasteiger charge is -2.27. The molecule has 0 unspecified atom stereocenters. The van der Waals surface area contributed by atoms with Crippen molar-refractivity contribution >= 4 is 44.8 Å². The van der Waals surface area contributed by atoms with Crippen LogP contribution >= 0.6 is 27.7 Å². The molecule has 0 bridgehead atoms. The maximum Gasteiger partial charge on any atom is 0.286 e. The van der Waals surface area contributed by atoms with Crippen molar-refractivity contribution < 1.29 is 9.21 Å². The molecule has 1 saturated heterocycles. The highest BCUT2D eigenvalue weighted by Gasteiger charge is 2.27. The van der Waals surface area contributed by atoms with E-state index in [2.05, 4.69) is 25.8 Å². The van der Waals surface area contributed by atoms with Crippen LogP contribution in [0.1, 0.15) is 25.0 Å². The standard InChI is InChI=1S/C19H17BrN2O2S/c20-14-6-4-13(5-7-14)16-9-8-15(24-16)12-17-18(23)21-19(25-17)22-10-2-1-3-11-22/h4-9,12H,1-3,10-11H2. The average Bonchev–Trinajstić information content (AvgIpc) is 3.24. The third-order valence-corrected chi connectivity index (χ3v) is 5.84. The zero-order chi connectivity index (χ0) is 17.2. The minimum Gasteiger partial charge on any atom is -0.457 e. The first kappa shape index (κ1) is 16.7. The predicted octanol–water partition coefficient (Wildman–Crippen LogP) is 5.17. The van der Waals surface area contributed by atoms with E-state index >= 15 is 0 Å². The second-order valence-electron chi connectivity index (χ2n) is 6.07. The molecule has 1 aromatic carbocycles. The van der Waals surface area contributed by atoms with Gasteiger partial charge in [0.25, 0.3) is 5.91 Å². The van der Waals surface area contributed by atoms with Gasteiger partial charge in [-0.15, -0.1) is 0 Å². The molecule has 0 saturated carbocycles. The molecular weight excluding hydrogens is 400 g/mol. The van der Waals surface area contributed by atoms with Gasteiger partial charge < -0.3 is 9.32 Å². The van der Waals surface area contributed by atoms with Gasteiger partial charge in [0.05, 0.1) is 4.91 Å². The first-order chi connectivity index (χ1) is 12.2. The van der Waals surface area contributed by atoms with Gasteiger partial charge in [-0.25, -0.2) is 0 Å². The van der Waals surface area contributed by atoms with E-state index < -0.39 is 0 Å². The summed E-state index contributed by atoms with van der Waals surface area (Å²) in [6, 6.07) is 11.7. The Morgan fingerprint density at radius 1 is 1.08 bits per heavy atom. The summed E-state index contributed by atoms with van der Waals surface area (Å²) in [6.45, 7) is 1.97. The van der Waals surface area contributed by atoms with E-state index in [9.17, 15) is 4.79 Å². The van der Waals surface area contributed by atoms with E-state index in [1.54, 1.807) is 6.08 Å². The number of halogens is 1. The first-order valence-electron chi connectivity index (χ1n) is 8.32. The van der Waals surface area contributed by atoms with Crippen LogP contribution in [0.25, 0.3) is 17.4 Å². The molecule has 4 rings (SSSR count). The summed E-state index contributed by atoms with van der Waals surface area (Å²) in [5.74, 6) is 1.28. The number of piperidine rings is 1. The van der Waals surface area contributed by atoms with Gasteiger partial charge in [0.2, 0.25) is 0 Å². The van der Waals surface area contributed by atoms with Crippen molar-refractivity contribution in [2.24, 2.45) is 4.99 Å². The number of likely N-dealkylation sites (tertiary alicyclic amines) is 1. The summed E-state index contributed by atoms with van der Waals surface area (Å²) < 4.78 is 6.91. The van der Waals surface area contributed by atoms with Gasteiger partial charge in [-0.2, -0.15) is 4.99 Å². The minimum atomic E-state index is -0.174. The van der Waals surface area contributed by atoms with Crippen LogP contribution in [-0.2, 0) is 4.79 Å². The molecule has 3 heterocycles. The Kier molecular flexibility index (Phi) is 4.81. The zero-order valence-corrected chi connectivity index (χ0v) is 16.0. The maximum absolute atomic E-state index is 12.2. The van der Waals surface area contributed by atoms with Gasteiger partial charge >= 0.3 is 0 Å². The van der Waals surface area contributed by atoms with E-state index in [4.69, 9.17) is 4.42 Å². The van der Waals surface area contributed by atoms with Crippen molar-refractivity contribution in [2.75, 3.05) is 13.1 Å². The fourth-order valence-electron chi connectivity index (χ4n) is 2.95. The SMILES string of the molecule is O=C1N=C(N2CCCCC2)SC1=Cc1ccc(-c2ccc(Br)cc2)o1. The monoisotopic (exact) mass is 416 g/mol. The van der Waals surface area contributed by atoms with E-state index in [-0.39, 0.29) is 5.91 Å². The maximum atomic E-state index is 12.2. The summed E-state index contributed by atoms with van der Waals surface area (Å²) in [7, 11) is 0. The molecule has 4 nitrogen and oxygen atoms in total. The van der Waals surface area contributed by atoms with Crippen molar-refractivity contribution in [3.05, 3.63) is 51.5 Å².